The molecule has 0 aliphatic rings. The molecule has 0 aliphatic heterocycles. The molecule has 4 nitrogen and oxygen atoms in total. The van der Waals surface area contributed by atoms with Crippen LogP contribution in [0.2, 0.25) is 0 Å². The molecule has 0 saturated carbocycles. The van der Waals surface area contributed by atoms with Crippen LogP contribution in [0.3, 0.4) is 0 Å². The van der Waals surface area contributed by atoms with Crippen molar-refractivity contribution < 1.29 is 4.52 Å². The van der Waals surface area contributed by atoms with Gasteiger partial charge in [0, 0.05) is 23.0 Å². The Kier molecular flexibility index (Phi) is 2.85. The standard InChI is InChI=1S/C15H17N3O/c1-10(2)15-16-14(19-17-15)9-18-8-7-12-11(3)5-4-6-13(12)18/h4-8,10H,9H2,1-3H3. The average molecular weight is 255 g/mol. The second-order valence-corrected chi connectivity index (χ2v) is 5.15. The van der Waals surface area contributed by atoms with Crippen LogP contribution in [0.4, 0.5) is 0 Å². The van der Waals surface area contributed by atoms with Crippen LogP contribution < -0.4 is 0 Å². The van der Waals surface area contributed by atoms with E-state index in [1.54, 1.807) is 0 Å². The van der Waals surface area contributed by atoms with Gasteiger partial charge in [0.05, 0.1) is 0 Å². The van der Waals surface area contributed by atoms with E-state index in [2.05, 4.69) is 65.9 Å². The molecule has 0 amide bonds. The van der Waals surface area contributed by atoms with Crippen LogP contribution in [0, 0.1) is 6.92 Å². The van der Waals surface area contributed by atoms with Crippen molar-refractivity contribution in [1.29, 1.82) is 0 Å². The summed E-state index contributed by atoms with van der Waals surface area (Å²) in [6.45, 7) is 6.86. The molecule has 0 atom stereocenters. The van der Waals surface area contributed by atoms with Gasteiger partial charge in [-0.25, -0.2) is 0 Å². The van der Waals surface area contributed by atoms with Gasteiger partial charge < -0.3 is 9.09 Å². The highest BCUT2D eigenvalue weighted by Crippen LogP contribution is 2.20. The molecule has 0 spiro atoms. The zero-order chi connectivity index (χ0) is 13.4. The number of nitrogens with zero attached hydrogens (tertiary/aromatic N) is 3. The van der Waals surface area contributed by atoms with Crippen molar-refractivity contribution in [2.75, 3.05) is 0 Å². The van der Waals surface area contributed by atoms with E-state index < -0.39 is 0 Å². The average Bonchev–Trinajstić information content (AvgIpc) is 2.98. The fourth-order valence-electron chi connectivity index (χ4n) is 2.23. The summed E-state index contributed by atoms with van der Waals surface area (Å²) in [6, 6.07) is 8.43. The lowest BCUT2D eigenvalue weighted by Gasteiger charge is -2.02. The van der Waals surface area contributed by atoms with E-state index >= 15 is 0 Å². The van der Waals surface area contributed by atoms with Gasteiger partial charge in [-0.3, -0.25) is 0 Å². The maximum absolute atomic E-state index is 5.30. The Morgan fingerprint density at radius 1 is 1.26 bits per heavy atom. The van der Waals surface area contributed by atoms with Gasteiger partial charge in [0.1, 0.15) is 6.54 Å². The van der Waals surface area contributed by atoms with Crippen molar-refractivity contribution in [3.05, 3.63) is 47.7 Å². The van der Waals surface area contributed by atoms with Crippen molar-refractivity contribution in [1.82, 2.24) is 14.7 Å². The number of aromatic nitrogens is 3. The highest BCUT2D eigenvalue weighted by Gasteiger charge is 2.11. The number of benzene rings is 1. The zero-order valence-corrected chi connectivity index (χ0v) is 11.4. The van der Waals surface area contributed by atoms with Crippen molar-refractivity contribution >= 4 is 10.9 Å². The third-order valence-corrected chi connectivity index (χ3v) is 3.34. The molecular formula is C15H17N3O. The summed E-state index contributed by atoms with van der Waals surface area (Å²) in [5, 5.41) is 5.26. The lowest BCUT2D eigenvalue weighted by atomic mass is 10.1. The van der Waals surface area contributed by atoms with Gasteiger partial charge in [-0.1, -0.05) is 31.1 Å². The van der Waals surface area contributed by atoms with Crippen molar-refractivity contribution in [3.8, 4) is 0 Å². The molecule has 0 aliphatic carbocycles. The van der Waals surface area contributed by atoms with E-state index in [9.17, 15) is 0 Å². The number of hydrogen-bond donors (Lipinski definition) is 0. The van der Waals surface area contributed by atoms with Gasteiger partial charge in [0.2, 0.25) is 5.89 Å². The lowest BCUT2D eigenvalue weighted by Crippen LogP contribution is -1.99. The van der Waals surface area contributed by atoms with E-state index in [0.29, 0.717) is 18.4 Å². The monoisotopic (exact) mass is 255 g/mol. The van der Waals surface area contributed by atoms with Gasteiger partial charge in [0.15, 0.2) is 5.82 Å². The van der Waals surface area contributed by atoms with E-state index in [-0.39, 0.29) is 0 Å². The Balaban J connectivity index is 1.94. The molecule has 98 valence electrons. The van der Waals surface area contributed by atoms with Crippen LogP contribution in [0.5, 0.6) is 0 Å². The summed E-state index contributed by atoms with van der Waals surface area (Å²) in [7, 11) is 0. The third-order valence-electron chi connectivity index (χ3n) is 3.34. The number of fused-ring (bicyclic) bond motifs is 1. The first-order chi connectivity index (χ1) is 9.15. The SMILES string of the molecule is Cc1cccc2c1ccn2Cc1nc(C(C)C)no1. The van der Waals surface area contributed by atoms with Crippen molar-refractivity contribution in [3.63, 3.8) is 0 Å². The molecule has 0 radical (unpaired) electrons. The largest absolute Gasteiger partial charge is 0.338 e. The summed E-state index contributed by atoms with van der Waals surface area (Å²) in [4.78, 5) is 4.42. The van der Waals surface area contributed by atoms with Crippen LogP contribution in [0.25, 0.3) is 10.9 Å². The van der Waals surface area contributed by atoms with Crippen molar-refractivity contribution in [2.24, 2.45) is 0 Å². The Labute approximate surface area is 112 Å². The number of rotatable bonds is 3. The fourth-order valence-corrected chi connectivity index (χ4v) is 2.23. The first kappa shape index (κ1) is 12.0. The summed E-state index contributed by atoms with van der Waals surface area (Å²) in [6.07, 6.45) is 2.07. The molecule has 3 rings (SSSR count). The van der Waals surface area contributed by atoms with Crippen LogP contribution in [0.15, 0.2) is 35.0 Å². The smallest absolute Gasteiger partial charge is 0.246 e. The molecular weight excluding hydrogens is 238 g/mol. The van der Waals surface area contributed by atoms with Gasteiger partial charge in [-0.15, -0.1) is 0 Å². The minimum atomic E-state index is 0.293. The predicted octanol–water partition coefficient (Wildman–Crippen LogP) is 3.50. The first-order valence-corrected chi connectivity index (χ1v) is 6.52. The Bertz CT molecular complexity index is 709. The molecule has 3 aromatic rings. The predicted molar refractivity (Wildman–Crippen MR) is 74.2 cm³/mol. The highest BCUT2D eigenvalue weighted by atomic mass is 16.5. The first-order valence-electron chi connectivity index (χ1n) is 6.52. The fraction of sp³-hybridized carbons (Fsp3) is 0.333. The molecule has 1 aromatic carbocycles. The van der Waals surface area contributed by atoms with Gasteiger partial charge in [0.25, 0.3) is 0 Å². The molecule has 0 fully saturated rings. The molecule has 19 heavy (non-hydrogen) atoms. The normalized spacial score (nSPS) is 11.6. The second-order valence-electron chi connectivity index (χ2n) is 5.15. The summed E-state index contributed by atoms with van der Waals surface area (Å²) < 4.78 is 7.44. The maximum atomic E-state index is 5.30. The van der Waals surface area contributed by atoms with Gasteiger partial charge >= 0.3 is 0 Å². The van der Waals surface area contributed by atoms with Gasteiger partial charge in [-0.2, -0.15) is 4.98 Å². The van der Waals surface area contributed by atoms with Crippen LogP contribution >= 0.6 is 0 Å². The quantitative estimate of drug-likeness (QED) is 0.719. The molecule has 2 aromatic heterocycles. The van der Waals surface area contributed by atoms with Crippen LogP contribution in [-0.2, 0) is 6.54 Å². The minimum absolute atomic E-state index is 0.293. The Morgan fingerprint density at radius 2 is 2.11 bits per heavy atom. The lowest BCUT2D eigenvalue weighted by molar-refractivity contribution is 0.366. The highest BCUT2D eigenvalue weighted by molar-refractivity contribution is 5.83. The minimum Gasteiger partial charge on any atom is -0.338 e. The van der Waals surface area contributed by atoms with Crippen LogP contribution in [-0.4, -0.2) is 14.7 Å². The molecule has 4 heteroatoms. The van der Waals surface area contributed by atoms with Gasteiger partial charge in [-0.05, 0) is 24.6 Å². The van der Waals surface area contributed by atoms with E-state index in [1.165, 1.54) is 16.5 Å². The molecule has 2 heterocycles. The molecule has 0 saturated heterocycles. The summed E-state index contributed by atoms with van der Waals surface area (Å²) in [5.41, 5.74) is 2.48. The van der Waals surface area contributed by atoms with Crippen molar-refractivity contribution in [2.45, 2.75) is 33.2 Å². The molecule has 0 N–H and O–H groups in total. The van der Waals surface area contributed by atoms with E-state index in [4.69, 9.17) is 4.52 Å². The Morgan fingerprint density at radius 3 is 2.84 bits per heavy atom. The molecule has 0 unspecified atom stereocenters. The van der Waals surface area contributed by atoms with E-state index in [1.807, 2.05) is 0 Å². The summed E-state index contributed by atoms with van der Waals surface area (Å²) in [5.74, 6) is 1.71. The third kappa shape index (κ3) is 2.14. The second kappa shape index (κ2) is 4.53. The van der Waals surface area contributed by atoms with E-state index in [0.717, 1.165) is 5.82 Å². The number of hydrogen-bond acceptors (Lipinski definition) is 3. The maximum Gasteiger partial charge on any atom is 0.246 e. The topological polar surface area (TPSA) is 43.9 Å². The summed E-state index contributed by atoms with van der Waals surface area (Å²) >= 11 is 0. The Hall–Kier alpha value is -2.10. The number of aryl methyl sites for hydroxylation is 1. The van der Waals surface area contributed by atoms with Crippen LogP contribution in [0.1, 0.15) is 37.0 Å². The molecule has 0 bridgehead atoms. The zero-order valence-electron chi connectivity index (χ0n) is 11.4.